The van der Waals surface area contributed by atoms with E-state index in [0.29, 0.717) is 41.2 Å². The second-order valence-corrected chi connectivity index (χ2v) is 8.26. The fraction of sp³-hybridized carbons (Fsp3) is 0.318. The fourth-order valence-electron chi connectivity index (χ4n) is 4.12. The summed E-state index contributed by atoms with van der Waals surface area (Å²) in [5, 5.41) is 13.4. The van der Waals surface area contributed by atoms with Crippen LogP contribution in [0.2, 0.25) is 5.15 Å². The molecule has 0 radical (unpaired) electrons. The molecule has 0 spiro atoms. The van der Waals surface area contributed by atoms with Gasteiger partial charge in [-0.1, -0.05) is 11.6 Å². The van der Waals surface area contributed by atoms with Crippen LogP contribution in [0.15, 0.2) is 30.5 Å². The van der Waals surface area contributed by atoms with Crippen LogP contribution >= 0.6 is 11.6 Å². The monoisotopic (exact) mass is 439 g/mol. The van der Waals surface area contributed by atoms with Crippen molar-refractivity contribution >= 4 is 29.1 Å². The Balaban J connectivity index is 1.43. The number of aryl methyl sites for hydroxylation is 2. The van der Waals surface area contributed by atoms with E-state index in [1.807, 2.05) is 19.2 Å². The molecule has 9 heteroatoms. The number of ether oxygens (including phenoxy) is 1. The summed E-state index contributed by atoms with van der Waals surface area (Å²) in [5.74, 6) is 0.816. The van der Waals surface area contributed by atoms with Crippen LogP contribution in [0.5, 0.6) is 5.75 Å². The van der Waals surface area contributed by atoms with Gasteiger partial charge in [0.1, 0.15) is 10.9 Å². The highest BCUT2D eigenvalue weighted by molar-refractivity contribution is 6.30. The molecule has 1 saturated heterocycles. The van der Waals surface area contributed by atoms with Crippen LogP contribution in [0.1, 0.15) is 21.5 Å². The molecule has 0 aliphatic carbocycles. The molecule has 1 aromatic carbocycles. The number of likely N-dealkylation sites (tertiary alicyclic amines) is 1. The van der Waals surface area contributed by atoms with E-state index < -0.39 is 6.10 Å². The van der Waals surface area contributed by atoms with Crippen LogP contribution in [-0.2, 0) is 13.0 Å². The molecular weight excluding hydrogens is 418 g/mol. The maximum absolute atomic E-state index is 12.5. The molecule has 2 aromatic heterocycles. The number of nitrogens with one attached hydrogen (secondary N) is 1. The zero-order valence-corrected chi connectivity index (χ0v) is 18.0. The van der Waals surface area contributed by atoms with E-state index in [1.165, 1.54) is 0 Å². The van der Waals surface area contributed by atoms with E-state index in [0.717, 1.165) is 35.5 Å². The van der Waals surface area contributed by atoms with Crippen molar-refractivity contribution in [3.8, 4) is 17.1 Å². The highest BCUT2D eigenvalue weighted by Gasteiger charge is 2.30. The van der Waals surface area contributed by atoms with Gasteiger partial charge in [-0.05, 0) is 43.2 Å². The van der Waals surface area contributed by atoms with Gasteiger partial charge in [-0.3, -0.25) is 4.79 Å². The highest BCUT2D eigenvalue weighted by atomic mass is 35.5. The van der Waals surface area contributed by atoms with Crippen LogP contribution in [0.25, 0.3) is 11.4 Å². The maximum atomic E-state index is 12.5. The van der Waals surface area contributed by atoms with Gasteiger partial charge in [0.2, 0.25) is 5.95 Å². The summed E-state index contributed by atoms with van der Waals surface area (Å²) in [6.45, 7) is 3.55. The molecule has 160 valence electrons. The lowest BCUT2D eigenvalue weighted by atomic mass is 10.0. The fourth-order valence-corrected chi connectivity index (χ4v) is 4.45. The molecule has 1 fully saturated rings. The third kappa shape index (κ3) is 3.41. The largest absolute Gasteiger partial charge is 0.495 e. The number of hydrogen-bond acceptors (Lipinski definition) is 6. The highest BCUT2D eigenvalue weighted by Crippen LogP contribution is 2.36. The number of carbonyl (C=O) groups is 1. The number of anilines is 2. The van der Waals surface area contributed by atoms with Crippen LogP contribution < -0.4 is 10.1 Å². The Morgan fingerprint density at radius 1 is 1.32 bits per heavy atom. The normalized spacial score (nSPS) is 15.2. The summed E-state index contributed by atoms with van der Waals surface area (Å²) < 4.78 is 7.57. The predicted molar refractivity (Wildman–Crippen MR) is 117 cm³/mol. The molecule has 0 atom stereocenters. The summed E-state index contributed by atoms with van der Waals surface area (Å²) >= 11 is 6.37. The first-order valence-corrected chi connectivity index (χ1v) is 10.5. The van der Waals surface area contributed by atoms with Crippen molar-refractivity contribution < 1.29 is 14.6 Å². The number of carbonyl (C=O) groups excluding carboxylic acids is 1. The van der Waals surface area contributed by atoms with E-state index in [4.69, 9.17) is 21.3 Å². The molecule has 2 N–H and O–H groups in total. The van der Waals surface area contributed by atoms with E-state index >= 15 is 0 Å². The molecular formula is C22H22ClN5O3. The number of rotatable bonds is 4. The van der Waals surface area contributed by atoms with Crippen LogP contribution in [-0.4, -0.2) is 56.8 Å². The van der Waals surface area contributed by atoms with Gasteiger partial charge >= 0.3 is 0 Å². The summed E-state index contributed by atoms with van der Waals surface area (Å²) in [5.41, 5.74) is 5.21. The lowest BCUT2D eigenvalue weighted by Crippen LogP contribution is -2.53. The van der Waals surface area contributed by atoms with Gasteiger partial charge in [-0.25, -0.2) is 9.97 Å². The Kier molecular flexibility index (Phi) is 4.83. The number of halogens is 1. The molecule has 5 rings (SSSR count). The summed E-state index contributed by atoms with van der Waals surface area (Å²) in [6, 6.07) is 7.14. The summed E-state index contributed by atoms with van der Waals surface area (Å²) in [7, 11) is 1.55. The Morgan fingerprint density at radius 2 is 2.13 bits per heavy atom. The van der Waals surface area contributed by atoms with Crippen LogP contribution in [0.4, 0.5) is 11.6 Å². The lowest BCUT2D eigenvalue weighted by molar-refractivity contribution is 0.00588. The zero-order valence-electron chi connectivity index (χ0n) is 17.2. The number of aliphatic hydroxyl groups is 1. The minimum Gasteiger partial charge on any atom is -0.495 e. The van der Waals surface area contributed by atoms with Gasteiger partial charge in [0.15, 0.2) is 0 Å². The average Bonchev–Trinajstić information content (AvgIpc) is 3.05. The Morgan fingerprint density at radius 3 is 2.87 bits per heavy atom. The van der Waals surface area contributed by atoms with Crippen molar-refractivity contribution in [3.05, 3.63) is 52.3 Å². The first-order chi connectivity index (χ1) is 14.9. The van der Waals surface area contributed by atoms with Crippen molar-refractivity contribution in [2.45, 2.75) is 26.0 Å². The SMILES string of the molecule is COc1cc(C(=O)N2CC(O)C2)ccc1Nc1ncc2c(n1)-c1c(C)cc(Cl)n1CC2. The summed E-state index contributed by atoms with van der Waals surface area (Å²) in [6.07, 6.45) is 2.23. The maximum Gasteiger partial charge on any atom is 0.254 e. The van der Waals surface area contributed by atoms with Gasteiger partial charge in [0.25, 0.3) is 5.91 Å². The van der Waals surface area contributed by atoms with Crippen LogP contribution in [0.3, 0.4) is 0 Å². The van der Waals surface area contributed by atoms with Gasteiger partial charge in [0, 0.05) is 37.0 Å². The first-order valence-electron chi connectivity index (χ1n) is 10.1. The Bertz CT molecular complexity index is 1190. The number of benzene rings is 1. The van der Waals surface area contributed by atoms with Gasteiger partial charge in [0.05, 0.1) is 30.3 Å². The van der Waals surface area contributed by atoms with Gasteiger partial charge in [-0.2, -0.15) is 0 Å². The van der Waals surface area contributed by atoms with Gasteiger partial charge in [-0.15, -0.1) is 0 Å². The second kappa shape index (κ2) is 7.55. The molecule has 31 heavy (non-hydrogen) atoms. The minimum atomic E-state index is -0.437. The lowest BCUT2D eigenvalue weighted by Gasteiger charge is -2.35. The molecule has 0 unspecified atom stereocenters. The number of nitrogens with zero attached hydrogens (tertiary/aromatic N) is 4. The number of hydrogen-bond donors (Lipinski definition) is 2. The van der Waals surface area contributed by atoms with Crippen molar-refractivity contribution in [3.63, 3.8) is 0 Å². The quantitative estimate of drug-likeness (QED) is 0.649. The minimum absolute atomic E-state index is 0.131. The van der Waals surface area contributed by atoms with Crippen molar-refractivity contribution in [2.75, 3.05) is 25.5 Å². The molecule has 1 amide bonds. The molecule has 3 aromatic rings. The topological polar surface area (TPSA) is 92.5 Å². The Labute approximate surface area is 184 Å². The number of fused-ring (bicyclic) bond motifs is 3. The number of aliphatic hydroxyl groups excluding tert-OH is 1. The van der Waals surface area contributed by atoms with E-state index in [9.17, 15) is 9.90 Å². The number of aromatic nitrogens is 3. The Hall–Kier alpha value is -3.10. The average molecular weight is 440 g/mol. The molecule has 2 aliphatic rings. The smallest absolute Gasteiger partial charge is 0.254 e. The van der Waals surface area contributed by atoms with E-state index in [-0.39, 0.29) is 5.91 Å². The molecule has 8 nitrogen and oxygen atoms in total. The summed E-state index contributed by atoms with van der Waals surface area (Å²) in [4.78, 5) is 23.3. The van der Waals surface area contributed by atoms with Crippen molar-refractivity contribution in [1.82, 2.24) is 19.4 Å². The van der Waals surface area contributed by atoms with Gasteiger partial charge < -0.3 is 24.6 Å². The predicted octanol–water partition coefficient (Wildman–Crippen LogP) is 3.03. The van der Waals surface area contributed by atoms with E-state index in [2.05, 4.69) is 14.9 Å². The van der Waals surface area contributed by atoms with E-state index in [1.54, 1.807) is 30.2 Å². The third-order valence-electron chi connectivity index (χ3n) is 5.77. The van der Waals surface area contributed by atoms with Crippen molar-refractivity contribution in [1.29, 1.82) is 0 Å². The molecule has 0 saturated carbocycles. The first kappa shape index (κ1) is 19.8. The number of amides is 1. The zero-order chi connectivity index (χ0) is 21.7. The molecule has 4 heterocycles. The molecule has 2 aliphatic heterocycles. The second-order valence-electron chi connectivity index (χ2n) is 7.87. The third-order valence-corrected chi connectivity index (χ3v) is 6.09. The van der Waals surface area contributed by atoms with Crippen molar-refractivity contribution in [2.24, 2.45) is 0 Å². The molecule has 0 bridgehead atoms. The van der Waals surface area contributed by atoms with Crippen LogP contribution in [0, 0.1) is 6.92 Å². The number of methoxy groups -OCH3 is 1. The number of β-amino-alcohol motifs (C(OH)–C–C–N with tert-alkyl or cyclic N) is 1. The standard InChI is InChI=1S/C22H22ClN5O3/c1-12-7-18(23)28-6-5-14-9-24-22(26-19(14)20(12)28)25-16-4-3-13(8-17(16)31-2)21(30)27-10-15(29)11-27/h3-4,7-9,15,29H,5-6,10-11H2,1-2H3,(H,24,25,26).